The van der Waals surface area contributed by atoms with Crippen LogP contribution in [0.1, 0.15) is 25.8 Å². The summed E-state index contributed by atoms with van der Waals surface area (Å²) in [6, 6.07) is 4.19. The molecule has 21 heavy (non-hydrogen) atoms. The third-order valence-corrected chi connectivity index (χ3v) is 3.60. The molecule has 116 valence electrons. The van der Waals surface area contributed by atoms with Crippen LogP contribution in [0.4, 0.5) is 17.1 Å². The Hall–Kier alpha value is -1.75. The number of amides is 1. The van der Waals surface area contributed by atoms with E-state index in [1.807, 2.05) is 12.1 Å². The van der Waals surface area contributed by atoms with E-state index in [2.05, 4.69) is 43.5 Å². The van der Waals surface area contributed by atoms with E-state index in [1.165, 1.54) is 0 Å². The molecule has 0 spiro atoms. The molecular formula is C16H26N4O. The molecule has 1 amide bonds. The Kier molecular flexibility index (Phi) is 4.73. The van der Waals surface area contributed by atoms with Crippen molar-refractivity contribution < 1.29 is 4.79 Å². The molecule has 0 aromatic heterocycles. The number of benzene rings is 1. The molecule has 0 bridgehead atoms. The van der Waals surface area contributed by atoms with Crippen LogP contribution in [0.5, 0.6) is 0 Å². The second-order valence-electron chi connectivity index (χ2n) is 6.55. The molecule has 5 nitrogen and oxygen atoms in total. The summed E-state index contributed by atoms with van der Waals surface area (Å²) in [6.07, 6.45) is 1.49. The van der Waals surface area contributed by atoms with E-state index in [1.54, 1.807) is 0 Å². The number of nitrogens with one attached hydrogen (secondary N) is 2. The van der Waals surface area contributed by atoms with Crippen LogP contribution in [0.3, 0.4) is 0 Å². The molecule has 0 saturated carbocycles. The van der Waals surface area contributed by atoms with Crippen molar-refractivity contribution in [2.45, 2.75) is 32.7 Å². The van der Waals surface area contributed by atoms with Gasteiger partial charge in [0.15, 0.2) is 0 Å². The van der Waals surface area contributed by atoms with Gasteiger partial charge in [-0.2, -0.15) is 0 Å². The number of carbonyl (C=O) groups is 1. The second-order valence-corrected chi connectivity index (χ2v) is 6.55. The van der Waals surface area contributed by atoms with Crippen molar-refractivity contribution >= 4 is 23.0 Å². The number of hydrogen-bond donors (Lipinski definition) is 3. The van der Waals surface area contributed by atoms with Crippen LogP contribution in [0, 0.1) is 5.92 Å². The minimum Gasteiger partial charge on any atom is -0.397 e. The topological polar surface area (TPSA) is 70.4 Å². The van der Waals surface area contributed by atoms with Gasteiger partial charge in [-0.15, -0.1) is 0 Å². The molecule has 1 aliphatic rings. The summed E-state index contributed by atoms with van der Waals surface area (Å²) in [5.74, 6) is 0.645. The number of fused-ring (bicyclic) bond motifs is 1. The van der Waals surface area contributed by atoms with E-state index < -0.39 is 0 Å². The number of nitrogens with two attached hydrogens (primary N) is 1. The molecule has 0 aliphatic carbocycles. The summed E-state index contributed by atoms with van der Waals surface area (Å²) < 4.78 is 0. The van der Waals surface area contributed by atoms with Gasteiger partial charge in [0.1, 0.15) is 0 Å². The van der Waals surface area contributed by atoms with E-state index in [0.29, 0.717) is 24.1 Å². The number of anilines is 3. The molecule has 1 heterocycles. The van der Waals surface area contributed by atoms with E-state index in [0.717, 1.165) is 29.9 Å². The first-order chi connectivity index (χ1) is 9.85. The van der Waals surface area contributed by atoms with Crippen molar-refractivity contribution in [3.05, 3.63) is 17.7 Å². The number of carbonyl (C=O) groups excluding carboxylic acids is 1. The smallest absolute Gasteiger partial charge is 0.228 e. The Balaban J connectivity index is 2.16. The maximum absolute atomic E-state index is 11.5. The fourth-order valence-electron chi connectivity index (χ4n) is 2.83. The molecule has 1 unspecified atom stereocenters. The average molecular weight is 290 g/mol. The van der Waals surface area contributed by atoms with Gasteiger partial charge in [-0.3, -0.25) is 4.79 Å². The number of likely N-dealkylation sites (N-methyl/N-ethyl adjacent to an activating group) is 1. The van der Waals surface area contributed by atoms with Gasteiger partial charge in [0.25, 0.3) is 0 Å². The largest absolute Gasteiger partial charge is 0.397 e. The van der Waals surface area contributed by atoms with E-state index in [-0.39, 0.29) is 5.91 Å². The summed E-state index contributed by atoms with van der Waals surface area (Å²) in [6.45, 7) is 5.38. The summed E-state index contributed by atoms with van der Waals surface area (Å²) in [7, 11) is 4.14. The Morgan fingerprint density at radius 3 is 2.71 bits per heavy atom. The second kappa shape index (κ2) is 6.35. The molecule has 1 atom stereocenters. The highest BCUT2D eigenvalue weighted by Gasteiger charge is 2.20. The van der Waals surface area contributed by atoms with Gasteiger partial charge in [-0.1, -0.05) is 13.8 Å². The molecule has 0 radical (unpaired) electrons. The Labute approximate surface area is 126 Å². The van der Waals surface area contributed by atoms with Crippen LogP contribution < -0.4 is 16.4 Å². The summed E-state index contributed by atoms with van der Waals surface area (Å²) in [4.78, 5) is 13.6. The first-order valence-corrected chi connectivity index (χ1v) is 7.48. The van der Waals surface area contributed by atoms with Crippen LogP contribution in [0.15, 0.2) is 12.1 Å². The summed E-state index contributed by atoms with van der Waals surface area (Å²) in [5, 5.41) is 6.41. The standard InChI is InChI=1S/C16H26N4O/c1-10(2)5-12(9-20(3)4)18-15-8-14-11(6-13(15)17)7-16(21)19-14/h6,8,10,12,18H,5,7,9,17H2,1-4H3,(H,19,21). The molecule has 1 aliphatic heterocycles. The third-order valence-electron chi connectivity index (χ3n) is 3.60. The van der Waals surface area contributed by atoms with E-state index in [9.17, 15) is 4.79 Å². The van der Waals surface area contributed by atoms with E-state index >= 15 is 0 Å². The van der Waals surface area contributed by atoms with E-state index in [4.69, 9.17) is 5.73 Å². The van der Waals surface area contributed by atoms with Crippen molar-refractivity contribution in [1.29, 1.82) is 0 Å². The van der Waals surface area contributed by atoms with Crippen molar-refractivity contribution in [2.24, 2.45) is 5.92 Å². The van der Waals surface area contributed by atoms with Gasteiger partial charge >= 0.3 is 0 Å². The first-order valence-electron chi connectivity index (χ1n) is 7.48. The highest BCUT2D eigenvalue weighted by Crippen LogP contribution is 2.32. The average Bonchev–Trinajstić information content (AvgIpc) is 2.67. The molecule has 1 aromatic carbocycles. The molecule has 2 rings (SSSR count). The van der Waals surface area contributed by atoms with Gasteiger partial charge in [-0.25, -0.2) is 0 Å². The molecule has 0 saturated heterocycles. The molecule has 0 fully saturated rings. The van der Waals surface area contributed by atoms with Gasteiger partial charge in [-0.05, 0) is 44.1 Å². The fraction of sp³-hybridized carbons (Fsp3) is 0.562. The molecule has 1 aromatic rings. The monoisotopic (exact) mass is 290 g/mol. The lowest BCUT2D eigenvalue weighted by Gasteiger charge is -2.26. The normalized spacial score (nSPS) is 15.2. The van der Waals surface area contributed by atoms with Crippen LogP contribution in [0.2, 0.25) is 0 Å². The van der Waals surface area contributed by atoms with Crippen LogP contribution in [-0.2, 0) is 11.2 Å². The van der Waals surface area contributed by atoms with Crippen molar-refractivity contribution in [3.63, 3.8) is 0 Å². The number of rotatable bonds is 6. The third kappa shape index (κ3) is 4.11. The summed E-state index contributed by atoms with van der Waals surface area (Å²) >= 11 is 0. The lowest BCUT2D eigenvalue weighted by atomic mass is 10.0. The minimum absolute atomic E-state index is 0.0357. The number of nitrogen functional groups attached to an aromatic ring is 1. The van der Waals surface area contributed by atoms with Gasteiger partial charge < -0.3 is 21.3 Å². The van der Waals surface area contributed by atoms with Crippen molar-refractivity contribution in [3.8, 4) is 0 Å². The lowest BCUT2D eigenvalue weighted by molar-refractivity contribution is -0.115. The van der Waals surface area contributed by atoms with Crippen LogP contribution in [0.25, 0.3) is 0 Å². The van der Waals surface area contributed by atoms with Crippen molar-refractivity contribution in [1.82, 2.24) is 4.90 Å². The molecule has 4 N–H and O–H groups in total. The zero-order chi connectivity index (χ0) is 15.6. The fourth-order valence-corrected chi connectivity index (χ4v) is 2.83. The van der Waals surface area contributed by atoms with Crippen LogP contribution >= 0.6 is 0 Å². The maximum atomic E-state index is 11.5. The Morgan fingerprint density at radius 2 is 2.10 bits per heavy atom. The van der Waals surface area contributed by atoms with Gasteiger partial charge in [0, 0.05) is 18.3 Å². The Bertz CT molecular complexity index is 515. The SMILES string of the molecule is CC(C)CC(CN(C)C)Nc1cc2c(cc1N)CC(=O)N2. The van der Waals surface area contributed by atoms with Crippen molar-refractivity contribution in [2.75, 3.05) is 37.0 Å². The zero-order valence-electron chi connectivity index (χ0n) is 13.4. The summed E-state index contributed by atoms with van der Waals surface area (Å²) in [5.41, 5.74) is 9.61. The highest BCUT2D eigenvalue weighted by atomic mass is 16.1. The quantitative estimate of drug-likeness (QED) is 0.702. The van der Waals surface area contributed by atoms with Gasteiger partial charge in [0.05, 0.1) is 17.8 Å². The number of hydrogen-bond acceptors (Lipinski definition) is 4. The number of nitrogens with zero attached hydrogens (tertiary/aromatic N) is 1. The molecule has 5 heteroatoms. The van der Waals surface area contributed by atoms with Crippen LogP contribution in [-0.4, -0.2) is 37.5 Å². The minimum atomic E-state index is 0.0357. The highest BCUT2D eigenvalue weighted by molar-refractivity contribution is 6.00. The molecular weight excluding hydrogens is 264 g/mol. The predicted octanol–water partition coefficient (Wildman–Crippen LogP) is 2.15. The predicted molar refractivity (Wildman–Crippen MR) is 88.6 cm³/mol. The lowest BCUT2D eigenvalue weighted by Crippen LogP contribution is -2.33. The van der Waals surface area contributed by atoms with Gasteiger partial charge in [0.2, 0.25) is 5.91 Å². The zero-order valence-corrected chi connectivity index (χ0v) is 13.4. The Morgan fingerprint density at radius 1 is 1.38 bits per heavy atom. The maximum Gasteiger partial charge on any atom is 0.228 e. The first kappa shape index (κ1) is 15.6.